The van der Waals surface area contributed by atoms with Crippen LogP contribution in [0.3, 0.4) is 0 Å². The fraction of sp³-hybridized carbons (Fsp3) is 0.182. The normalized spacial score (nSPS) is 10.5. The largest absolute Gasteiger partial charge is 0.304 e. The van der Waals surface area contributed by atoms with Crippen LogP contribution in [0.25, 0.3) is 0 Å². The Hall–Kier alpha value is -2.24. The van der Waals surface area contributed by atoms with E-state index in [-0.39, 0.29) is 0 Å². The van der Waals surface area contributed by atoms with Crippen LogP contribution in [-0.4, -0.2) is 14.7 Å². The first kappa shape index (κ1) is 11.3. The molecule has 0 fully saturated rings. The molecule has 0 amide bonds. The van der Waals surface area contributed by atoms with Crippen molar-refractivity contribution in [3.05, 3.63) is 57.7 Å². The molecule has 0 spiro atoms. The van der Waals surface area contributed by atoms with Crippen molar-refractivity contribution in [1.82, 2.24) is 9.78 Å². The first-order valence-corrected chi connectivity index (χ1v) is 4.98. The van der Waals surface area contributed by atoms with E-state index in [9.17, 15) is 14.5 Å². The first-order chi connectivity index (χ1) is 8.06. The molecule has 1 heterocycles. The smallest absolute Gasteiger partial charge is 0.268 e. The third-order valence-corrected chi connectivity index (χ3v) is 2.32. The molecule has 0 bridgehead atoms. The maximum atomic E-state index is 13.3. The molecule has 6 heteroatoms. The van der Waals surface area contributed by atoms with Gasteiger partial charge < -0.3 is 0 Å². The maximum absolute atomic E-state index is 13.3. The summed E-state index contributed by atoms with van der Waals surface area (Å²) in [5, 5.41) is 14.5. The Bertz CT molecular complexity index is 566. The van der Waals surface area contributed by atoms with Gasteiger partial charge in [0.1, 0.15) is 0 Å². The van der Waals surface area contributed by atoms with Gasteiger partial charge in [0, 0.05) is 12.3 Å². The fourth-order valence-corrected chi connectivity index (χ4v) is 1.54. The van der Waals surface area contributed by atoms with Crippen LogP contribution in [0.5, 0.6) is 0 Å². The number of rotatable bonds is 3. The molecule has 2 rings (SSSR count). The fourth-order valence-electron chi connectivity index (χ4n) is 1.54. The van der Waals surface area contributed by atoms with Crippen molar-refractivity contribution in [3.8, 4) is 0 Å². The SMILES string of the molecule is Cc1cnn(Cc2ccc([N+](=O)[O-])c(F)c2)c1. The second-order valence-electron chi connectivity index (χ2n) is 3.76. The molecule has 0 unspecified atom stereocenters. The molecule has 0 aliphatic heterocycles. The molecule has 0 atom stereocenters. The topological polar surface area (TPSA) is 61.0 Å². The zero-order chi connectivity index (χ0) is 12.4. The van der Waals surface area contributed by atoms with E-state index in [0.29, 0.717) is 12.1 Å². The van der Waals surface area contributed by atoms with Gasteiger partial charge in [-0.25, -0.2) is 0 Å². The van der Waals surface area contributed by atoms with Crippen molar-refractivity contribution in [2.45, 2.75) is 13.5 Å². The van der Waals surface area contributed by atoms with Crippen LogP contribution in [0, 0.1) is 22.9 Å². The minimum Gasteiger partial charge on any atom is -0.268 e. The van der Waals surface area contributed by atoms with E-state index in [0.717, 1.165) is 11.6 Å². The van der Waals surface area contributed by atoms with Crippen molar-refractivity contribution in [3.63, 3.8) is 0 Å². The van der Waals surface area contributed by atoms with Crippen LogP contribution < -0.4 is 0 Å². The Morgan fingerprint density at radius 2 is 2.29 bits per heavy atom. The van der Waals surface area contributed by atoms with Gasteiger partial charge >= 0.3 is 5.69 Å². The summed E-state index contributed by atoms with van der Waals surface area (Å²) in [6.45, 7) is 2.29. The van der Waals surface area contributed by atoms with Crippen LogP contribution in [0.15, 0.2) is 30.6 Å². The summed E-state index contributed by atoms with van der Waals surface area (Å²) in [5.74, 6) is -0.823. The lowest BCUT2D eigenvalue weighted by molar-refractivity contribution is -0.387. The molecule has 2 aromatic rings. The van der Waals surface area contributed by atoms with E-state index < -0.39 is 16.4 Å². The number of nitro groups is 1. The molecule has 0 aliphatic carbocycles. The van der Waals surface area contributed by atoms with E-state index in [4.69, 9.17) is 0 Å². The molecule has 0 saturated heterocycles. The van der Waals surface area contributed by atoms with E-state index in [1.54, 1.807) is 10.9 Å². The number of halogens is 1. The number of hydrogen-bond donors (Lipinski definition) is 0. The van der Waals surface area contributed by atoms with Gasteiger partial charge in [-0.15, -0.1) is 0 Å². The highest BCUT2D eigenvalue weighted by atomic mass is 19.1. The first-order valence-electron chi connectivity index (χ1n) is 4.98. The highest BCUT2D eigenvalue weighted by molar-refractivity contribution is 5.35. The predicted octanol–water partition coefficient (Wildman–Crippen LogP) is 2.29. The number of aryl methyl sites for hydroxylation is 1. The van der Waals surface area contributed by atoms with Gasteiger partial charge in [-0.05, 0) is 24.1 Å². The second kappa shape index (κ2) is 4.32. The maximum Gasteiger partial charge on any atom is 0.304 e. The number of nitrogens with zero attached hydrogens (tertiary/aromatic N) is 3. The van der Waals surface area contributed by atoms with Crippen molar-refractivity contribution >= 4 is 5.69 Å². The van der Waals surface area contributed by atoms with Crippen LogP contribution in [-0.2, 0) is 6.54 Å². The molecular weight excluding hydrogens is 225 g/mol. The molecule has 0 saturated carbocycles. The van der Waals surface area contributed by atoms with Crippen molar-refractivity contribution in [1.29, 1.82) is 0 Å². The number of benzene rings is 1. The molecule has 88 valence electrons. The van der Waals surface area contributed by atoms with Crippen molar-refractivity contribution in [2.24, 2.45) is 0 Å². The van der Waals surface area contributed by atoms with Crippen LogP contribution >= 0.6 is 0 Å². The second-order valence-corrected chi connectivity index (χ2v) is 3.76. The minimum absolute atomic E-state index is 0.392. The standard InChI is InChI=1S/C11H10FN3O2/c1-8-5-13-14(6-8)7-9-2-3-11(15(16)17)10(12)4-9/h2-6H,7H2,1H3. The Morgan fingerprint density at radius 1 is 1.53 bits per heavy atom. The third kappa shape index (κ3) is 2.47. The Balaban J connectivity index is 2.23. The van der Waals surface area contributed by atoms with Crippen LogP contribution in [0.1, 0.15) is 11.1 Å². The molecule has 5 nitrogen and oxygen atoms in total. The molecular formula is C11H10FN3O2. The lowest BCUT2D eigenvalue weighted by atomic mass is 10.2. The van der Waals surface area contributed by atoms with Gasteiger partial charge in [0.2, 0.25) is 5.82 Å². The summed E-state index contributed by atoms with van der Waals surface area (Å²) in [6.07, 6.45) is 3.51. The van der Waals surface area contributed by atoms with Gasteiger partial charge in [0.25, 0.3) is 0 Å². The summed E-state index contributed by atoms with van der Waals surface area (Å²) in [4.78, 5) is 9.70. The summed E-state index contributed by atoms with van der Waals surface area (Å²) < 4.78 is 15.0. The number of hydrogen-bond acceptors (Lipinski definition) is 3. The number of aromatic nitrogens is 2. The molecule has 1 aromatic heterocycles. The quantitative estimate of drug-likeness (QED) is 0.605. The highest BCUT2D eigenvalue weighted by Gasteiger charge is 2.13. The number of nitro benzene ring substituents is 1. The average Bonchev–Trinajstić information content (AvgIpc) is 2.63. The van der Waals surface area contributed by atoms with Crippen molar-refractivity contribution in [2.75, 3.05) is 0 Å². The molecule has 1 aromatic carbocycles. The van der Waals surface area contributed by atoms with Gasteiger partial charge in [-0.1, -0.05) is 6.07 Å². The van der Waals surface area contributed by atoms with Gasteiger partial charge in [-0.2, -0.15) is 9.49 Å². The van der Waals surface area contributed by atoms with Crippen LogP contribution in [0.2, 0.25) is 0 Å². The van der Waals surface area contributed by atoms with Crippen molar-refractivity contribution < 1.29 is 9.31 Å². The summed E-state index contributed by atoms with van der Waals surface area (Å²) in [6, 6.07) is 3.86. The van der Waals surface area contributed by atoms with E-state index >= 15 is 0 Å². The zero-order valence-corrected chi connectivity index (χ0v) is 9.13. The van der Waals surface area contributed by atoms with Crippen LogP contribution in [0.4, 0.5) is 10.1 Å². The molecule has 0 radical (unpaired) electrons. The predicted molar refractivity (Wildman–Crippen MR) is 59.1 cm³/mol. The molecule has 0 N–H and O–H groups in total. The summed E-state index contributed by atoms with van der Waals surface area (Å²) >= 11 is 0. The van der Waals surface area contributed by atoms with Gasteiger partial charge in [0.15, 0.2) is 0 Å². The minimum atomic E-state index is -0.823. The van der Waals surface area contributed by atoms with E-state index in [2.05, 4.69) is 5.10 Å². The van der Waals surface area contributed by atoms with Gasteiger partial charge in [-0.3, -0.25) is 14.8 Å². The molecule has 0 aliphatic rings. The lowest BCUT2D eigenvalue weighted by Crippen LogP contribution is -2.01. The average molecular weight is 235 g/mol. The third-order valence-electron chi connectivity index (χ3n) is 2.32. The van der Waals surface area contributed by atoms with E-state index in [1.807, 2.05) is 13.1 Å². The monoisotopic (exact) mass is 235 g/mol. The molecule has 17 heavy (non-hydrogen) atoms. The summed E-state index contributed by atoms with van der Waals surface area (Å²) in [5.41, 5.74) is 1.13. The Labute approximate surface area is 96.6 Å². The van der Waals surface area contributed by atoms with Gasteiger partial charge in [0.05, 0.1) is 17.7 Å². The Morgan fingerprint density at radius 3 is 2.82 bits per heavy atom. The lowest BCUT2D eigenvalue weighted by Gasteiger charge is -2.02. The summed E-state index contributed by atoms with van der Waals surface area (Å²) in [7, 11) is 0. The highest BCUT2D eigenvalue weighted by Crippen LogP contribution is 2.18. The Kier molecular flexibility index (Phi) is 2.86. The van der Waals surface area contributed by atoms with E-state index in [1.165, 1.54) is 12.1 Å². The zero-order valence-electron chi connectivity index (χ0n) is 9.13.